The van der Waals surface area contributed by atoms with E-state index in [1.807, 2.05) is 27.7 Å². The summed E-state index contributed by atoms with van der Waals surface area (Å²) < 4.78 is 56.7. The molecule has 3 heterocycles. The quantitative estimate of drug-likeness (QED) is 0.139. The van der Waals surface area contributed by atoms with Crippen LogP contribution in [0.3, 0.4) is 0 Å². The second-order valence-electron chi connectivity index (χ2n) is 17.1. The van der Waals surface area contributed by atoms with Crippen LogP contribution in [0.25, 0.3) is 0 Å². The normalized spacial score (nSPS) is 44.7. The molecule has 0 bridgehead atoms. The summed E-state index contributed by atoms with van der Waals surface area (Å²) >= 11 is 0. The minimum Gasteiger partial charge on any atom is -0.459 e. The molecule has 1 amide bonds. The van der Waals surface area contributed by atoms with Gasteiger partial charge in [0.05, 0.1) is 42.0 Å². The molecule has 334 valence electrons. The highest BCUT2D eigenvalue weighted by Gasteiger charge is 2.55. The molecule has 0 aromatic rings. The lowest BCUT2D eigenvalue weighted by Crippen LogP contribution is -2.63. The van der Waals surface area contributed by atoms with E-state index in [0.717, 1.165) is 6.08 Å². The molecule has 1 unspecified atom stereocenters. The fraction of sp³-hybridized carbons (Fsp3) is 0.857. The number of ether oxygens (including phenoxy) is 9. The number of hydrogen-bond donors (Lipinski definition) is 3. The van der Waals surface area contributed by atoms with Crippen LogP contribution in [0.4, 0.5) is 0 Å². The van der Waals surface area contributed by atoms with Gasteiger partial charge in [-0.25, -0.2) is 4.79 Å². The van der Waals surface area contributed by atoms with Crippen molar-refractivity contribution in [1.29, 1.82) is 0 Å². The predicted molar refractivity (Wildman–Crippen MR) is 212 cm³/mol. The molecule has 3 N–H and O–H groups in total. The van der Waals surface area contributed by atoms with Gasteiger partial charge < -0.3 is 58.4 Å². The zero-order valence-corrected chi connectivity index (χ0v) is 37.1. The number of amides is 1. The summed E-state index contributed by atoms with van der Waals surface area (Å²) in [6, 6.07) is -1.25. The first-order chi connectivity index (χ1) is 27.1. The molecule has 0 radical (unpaired) electrons. The van der Waals surface area contributed by atoms with Crippen LogP contribution in [0.1, 0.15) is 94.9 Å². The number of likely N-dealkylation sites (N-methyl/N-ethyl adjacent to an activating group) is 1. The molecule has 16 heteroatoms. The summed E-state index contributed by atoms with van der Waals surface area (Å²) in [5, 5.41) is 17.5. The van der Waals surface area contributed by atoms with Gasteiger partial charge in [-0.15, -0.1) is 0 Å². The van der Waals surface area contributed by atoms with Gasteiger partial charge in [-0.3, -0.25) is 14.4 Å². The van der Waals surface area contributed by atoms with Crippen LogP contribution in [-0.4, -0.2) is 142 Å². The number of aliphatic hydroxyl groups is 1. The predicted octanol–water partition coefficient (Wildman–Crippen LogP) is 3.24. The molecule has 3 rings (SSSR count). The van der Waals surface area contributed by atoms with E-state index in [9.17, 15) is 24.3 Å². The Labute approximate surface area is 345 Å². The van der Waals surface area contributed by atoms with E-state index in [1.165, 1.54) is 21.3 Å². The highest BCUT2D eigenvalue weighted by molar-refractivity contribution is 5.84. The monoisotopic (exact) mass is 828 g/mol. The number of rotatable bonds is 13. The van der Waals surface area contributed by atoms with Crippen LogP contribution in [-0.2, 0) is 61.8 Å². The molecular formula is C42H72N2O14. The minimum absolute atomic E-state index is 0.0919. The summed E-state index contributed by atoms with van der Waals surface area (Å²) in [6.07, 6.45) is -5.34. The fourth-order valence-corrected chi connectivity index (χ4v) is 9.40. The number of methoxy groups -OCH3 is 3. The Kier molecular flexibility index (Phi) is 17.9. The highest BCUT2D eigenvalue weighted by Crippen LogP contribution is 2.42. The van der Waals surface area contributed by atoms with E-state index in [0.29, 0.717) is 12.8 Å². The zero-order valence-electron chi connectivity index (χ0n) is 37.1. The first kappa shape index (κ1) is 49.8. The second-order valence-corrected chi connectivity index (χ2v) is 17.1. The molecule has 3 aliphatic rings. The number of cyclic esters (lactones) is 1. The summed E-state index contributed by atoms with van der Waals surface area (Å²) in [7, 11) is 6.23. The van der Waals surface area contributed by atoms with E-state index in [2.05, 4.69) is 17.2 Å². The number of carbonyl (C=O) groups excluding carboxylic acids is 4. The molecule has 3 saturated heterocycles. The van der Waals surface area contributed by atoms with Crippen molar-refractivity contribution in [1.82, 2.24) is 10.6 Å². The maximum atomic E-state index is 14.6. The third kappa shape index (κ3) is 10.7. The Bertz CT molecular complexity index is 1400. The number of nitrogens with one attached hydrogen (secondary N) is 2. The van der Waals surface area contributed by atoms with Gasteiger partial charge in [0, 0.05) is 57.6 Å². The molecule has 0 aromatic heterocycles. The third-order valence-electron chi connectivity index (χ3n) is 13.1. The summed E-state index contributed by atoms with van der Waals surface area (Å²) in [5.74, 6) is -4.65. The lowest BCUT2D eigenvalue weighted by Gasteiger charge is -2.50. The molecule has 0 aliphatic carbocycles. The zero-order chi connectivity index (χ0) is 43.9. The number of ketones is 1. The van der Waals surface area contributed by atoms with Crippen molar-refractivity contribution in [3.63, 3.8) is 0 Å². The largest absolute Gasteiger partial charge is 0.459 e. The Morgan fingerprint density at radius 3 is 2.09 bits per heavy atom. The summed E-state index contributed by atoms with van der Waals surface area (Å²) in [5.41, 5.74) is -3.68. The molecule has 0 saturated carbocycles. The Morgan fingerprint density at radius 2 is 1.55 bits per heavy atom. The fourth-order valence-electron chi connectivity index (χ4n) is 9.40. The Hall–Kier alpha value is -2.54. The van der Waals surface area contributed by atoms with Crippen molar-refractivity contribution in [2.75, 3.05) is 28.4 Å². The average Bonchev–Trinajstić information content (AvgIpc) is 3.20. The average molecular weight is 829 g/mol. The molecule has 58 heavy (non-hydrogen) atoms. The first-order valence-corrected chi connectivity index (χ1v) is 20.5. The lowest BCUT2D eigenvalue weighted by atomic mass is 9.73. The van der Waals surface area contributed by atoms with E-state index in [4.69, 9.17) is 42.6 Å². The van der Waals surface area contributed by atoms with Crippen LogP contribution < -0.4 is 10.6 Å². The molecule has 16 nitrogen and oxygen atoms in total. The number of hydrogen-bond acceptors (Lipinski definition) is 15. The number of carbonyl (C=O) groups is 4. The van der Waals surface area contributed by atoms with Crippen LogP contribution in [0.5, 0.6) is 0 Å². The van der Waals surface area contributed by atoms with Gasteiger partial charge in [0.1, 0.15) is 29.2 Å². The summed E-state index contributed by atoms with van der Waals surface area (Å²) in [6.45, 7) is 21.3. The first-order valence-electron chi connectivity index (χ1n) is 20.5. The molecule has 0 spiro atoms. The van der Waals surface area contributed by atoms with Gasteiger partial charge in [-0.05, 0) is 67.9 Å². The summed E-state index contributed by atoms with van der Waals surface area (Å²) in [4.78, 5) is 53.5. The molecule has 3 fully saturated rings. The second kappa shape index (κ2) is 20.8. The van der Waals surface area contributed by atoms with Crippen LogP contribution in [0.2, 0.25) is 0 Å². The van der Waals surface area contributed by atoms with Crippen molar-refractivity contribution in [2.45, 2.75) is 179 Å². The van der Waals surface area contributed by atoms with Gasteiger partial charge in [0.25, 0.3) is 0 Å². The van der Waals surface area contributed by atoms with Crippen molar-refractivity contribution < 1.29 is 66.9 Å². The Morgan fingerprint density at radius 1 is 0.931 bits per heavy atom. The van der Waals surface area contributed by atoms with Gasteiger partial charge in [-0.2, -0.15) is 0 Å². The molecular weight excluding hydrogens is 756 g/mol. The van der Waals surface area contributed by atoms with Crippen molar-refractivity contribution in [3.8, 4) is 0 Å². The van der Waals surface area contributed by atoms with Crippen molar-refractivity contribution >= 4 is 24.1 Å². The lowest BCUT2D eigenvalue weighted by molar-refractivity contribution is -0.317. The molecule has 18 atom stereocenters. The number of Topliss-reactive ketones (excluding diaryl/α,β-unsaturated/α-hetero) is 1. The SMILES string of the molecule is C=CC(=O)OC1[C@H](C)O[C@@H](O[C@H]2[C@H](C)[C@@H](O[C@@H]3O[C@H](C)C[C@H](NC)[C@H]3O)[C@](C)(OC)C[C@@H](C)C(=O)[C@H](C)[C@@H](NC=O)[C@](C)(OC)[C@@H](CC)OC(=O)[C@@H]2C)C[C@@]1(C)OC. The van der Waals surface area contributed by atoms with Crippen molar-refractivity contribution in [3.05, 3.63) is 12.7 Å². The van der Waals surface area contributed by atoms with Gasteiger partial charge >= 0.3 is 11.9 Å². The molecule has 0 aromatic carbocycles. The topological polar surface area (TPSA) is 196 Å². The third-order valence-corrected chi connectivity index (χ3v) is 13.1. The van der Waals surface area contributed by atoms with E-state index in [1.54, 1.807) is 48.6 Å². The maximum absolute atomic E-state index is 14.6. The van der Waals surface area contributed by atoms with Crippen LogP contribution in [0, 0.1) is 23.7 Å². The van der Waals surface area contributed by atoms with E-state index in [-0.39, 0.29) is 37.2 Å². The van der Waals surface area contributed by atoms with Gasteiger partial charge in [0.15, 0.2) is 18.7 Å². The van der Waals surface area contributed by atoms with Crippen LogP contribution in [0.15, 0.2) is 12.7 Å². The smallest absolute Gasteiger partial charge is 0.330 e. The van der Waals surface area contributed by atoms with Gasteiger partial charge in [0.2, 0.25) is 6.41 Å². The number of esters is 2. The van der Waals surface area contributed by atoms with E-state index < -0.39 is 108 Å². The van der Waals surface area contributed by atoms with Gasteiger partial charge in [-0.1, -0.05) is 34.3 Å². The highest BCUT2D eigenvalue weighted by atomic mass is 16.7. The van der Waals surface area contributed by atoms with Crippen LogP contribution >= 0.6 is 0 Å². The minimum atomic E-state index is -1.34. The molecule has 3 aliphatic heterocycles. The Balaban J connectivity index is 2.27. The number of aliphatic hydroxyl groups excluding tert-OH is 1. The van der Waals surface area contributed by atoms with Crippen molar-refractivity contribution in [2.24, 2.45) is 23.7 Å². The maximum Gasteiger partial charge on any atom is 0.330 e. The standard InChI is InChI=1S/C42H72N2O14/c1-16-29-42(11,52-15)35(44-21-45)24(5)32(47)22(3)19-40(9,50-13)36(58-39-33(48)28(43-12)18-23(4)53-39)25(6)34(26(7)38(49)55-29)57-31-20-41(10,51-14)37(27(8)54-31)56-30(46)17-2/h17,21-29,31,33-37,39,43,48H,2,16,18-20H2,1,3-15H3,(H,44,45)/t22-,23-,24+,25+,26-,27+,28+,29-,31+,33-,34+,35-,36-,37?,39+,40-,41-,42-/m1/s1. The van der Waals surface area contributed by atoms with E-state index >= 15 is 0 Å².